The lowest BCUT2D eigenvalue weighted by atomic mass is 10.2. The summed E-state index contributed by atoms with van der Waals surface area (Å²) in [5, 5.41) is 5.83. The van der Waals surface area contributed by atoms with Crippen LogP contribution in [0.25, 0.3) is 10.6 Å². The van der Waals surface area contributed by atoms with Crippen molar-refractivity contribution in [2.24, 2.45) is 5.92 Å². The van der Waals surface area contributed by atoms with Crippen molar-refractivity contribution in [3.63, 3.8) is 0 Å². The first-order valence-corrected chi connectivity index (χ1v) is 7.29. The fraction of sp³-hybridized carbons (Fsp3) is 0.333. The van der Waals surface area contributed by atoms with E-state index in [1.807, 2.05) is 35.7 Å². The van der Waals surface area contributed by atoms with Crippen molar-refractivity contribution in [1.29, 1.82) is 0 Å². The van der Waals surface area contributed by atoms with Crippen LogP contribution in [0.2, 0.25) is 0 Å². The maximum absolute atomic E-state index is 11.7. The number of nitrogens with one attached hydrogen (secondary N) is 1. The standard InChI is InChI=1S/C15H18N2OS/c1-11(2)9-16-14(18)8-13-10-19-15(17-13)12-6-4-3-5-7-12/h3-7,10-11H,8-9H2,1-2H3,(H,16,18). The van der Waals surface area contributed by atoms with E-state index in [9.17, 15) is 4.79 Å². The van der Waals surface area contributed by atoms with Gasteiger partial charge in [-0.15, -0.1) is 11.3 Å². The molecule has 1 aromatic heterocycles. The zero-order valence-electron chi connectivity index (χ0n) is 11.2. The predicted octanol–water partition coefficient (Wildman–Crippen LogP) is 3.12. The molecule has 2 aromatic rings. The second-order valence-corrected chi connectivity index (χ2v) is 5.74. The van der Waals surface area contributed by atoms with E-state index < -0.39 is 0 Å². The predicted molar refractivity (Wildman–Crippen MR) is 79.1 cm³/mol. The SMILES string of the molecule is CC(C)CNC(=O)Cc1csc(-c2ccccc2)n1. The number of nitrogens with zero attached hydrogens (tertiary/aromatic N) is 1. The van der Waals surface area contributed by atoms with Gasteiger partial charge < -0.3 is 5.32 Å². The molecule has 0 spiro atoms. The fourth-order valence-electron chi connectivity index (χ4n) is 1.65. The molecule has 0 fully saturated rings. The molecule has 0 radical (unpaired) electrons. The Kier molecular flexibility index (Phi) is 4.68. The van der Waals surface area contributed by atoms with Gasteiger partial charge in [-0.25, -0.2) is 4.98 Å². The maximum atomic E-state index is 11.7. The second-order valence-electron chi connectivity index (χ2n) is 4.88. The van der Waals surface area contributed by atoms with Gasteiger partial charge in [0, 0.05) is 17.5 Å². The first kappa shape index (κ1) is 13.7. The monoisotopic (exact) mass is 274 g/mol. The summed E-state index contributed by atoms with van der Waals surface area (Å²) >= 11 is 1.58. The van der Waals surface area contributed by atoms with Crippen LogP contribution in [-0.2, 0) is 11.2 Å². The van der Waals surface area contributed by atoms with Gasteiger partial charge in [0.25, 0.3) is 0 Å². The van der Waals surface area contributed by atoms with Crippen molar-refractivity contribution in [2.75, 3.05) is 6.54 Å². The number of rotatable bonds is 5. The zero-order valence-corrected chi connectivity index (χ0v) is 12.0. The first-order chi connectivity index (χ1) is 9.15. The molecule has 3 nitrogen and oxygen atoms in total. The van der Waals surface area contributed by atoms with Crippen LogP contribution in [-0.4, -0.2) is 17.4 Å². The number of carbonyl (C=O) groups excluding carboxylic acids is 1. The van der Waals surface area contributed by atoms with E-state index in [4.69, 9.17) is 0 Å². The van der Waals surface area contributed by atoms with Crippen molar-refractivity contribution in [2.45, 2.75) is 20.3 Å². The molecule has 1 amide bonds. The summed E-state index contributed by atoms with van der Waals surface area (Å²) in [6.07, 6.45) is 0.357. The molecule has 1 heterocycles. The van der Waals surface area contributed by atoms with Crippen molar-refractivity contribution in [3.05, 3.63) is 41.4 Å². The average molecular weight is 274 g/mol. The van der Waals surface area contributed by atoms with Gasteiger partial charge in [0.1, 0.15) is 5.01 Å². The quantitative estimate of drug-likeness (QED) is 0.910. The molecule has 0 unspecified atom stereocenters. The molecule has 2 rings (SSSR count). The van der Waals surface area contributed by atoms with Gasteiger partial charge in [0.2, 0.25) is 5.91 Å². The number of benzene rings is 1. The van der Waals surface area contributed by atoms with Crippen LogP contribution >= 0.6 is 11.3 Å². The average Bonchev–Trinajstić information content (AvgIpc) is 2.86. The molecule has 100 valence electrons. The first-order valence-electron chi connectivity index (χ1n) is 6.41. The summed E-state index contributed by atoms with van der Waals surface area (Å²) in [7, 11) is 0. The van der Waals surface area contributed by atoms with Crippen molar-refractivity contribution in [1.82, 2.24) is 10.3 Å². The molecular weight excluding hydrogens is 256 g/mol. The number of amides is 1. The highest BCUT2D eigenvalue weighted by molar-refractivity contribution is 7.13. The van der Waals surface area contributed by atoms with Crippen LogP contribution in [0.1, 0.15) is 19.5 Å². The minimum atomic E-state index is 0.0404. The Labute approximate surface area is 117 Å². The molecule has 0 saturated carbocycles. The summed E-state index contributed by atoms with van der Waals surface area (Å²) in [6.45, 7) is 4.88. The number of thiazole rings is 1. The summed E-state index contributed by atoms with van der Waals surface area (Å²) < 4.78 is 0. The molecular formula is C15H18N2OS. The molecule has 4 heteroatoms. The maximum Gasteiger partial charge on any atom is 0.226 e. The van der Waals surface area contributed by atoms with E-state index >= 15 is 0 Å². The van der Waals surface area contributed by atoms with Crippen LogP contribution in [0.3, 0.4) is 0 Å². The molecule has 0 aliphatic rings. The van der Waals surface area contributed by atoms with Gasteiger partial charge in [-0.1, -0.05) is 44.2 Å². The highest BCUT2D eigenvalue weighted by Gasteiger charge is 2.08. The van der Waals surface area contributed by atoms with Gasteiger partial charge in [0.05, 0.1) is 12.1 Å². The van der Waals surface area contributed by atoms with Crippen molar-refractivity contribution < 1.29 is 4.79 Å². The van der Waals surface area contributed by atoms with Gasteiger partial charge in [-0.2, -0.15) is 0 Å². The third-order valence-corrected chi connectivity index (χ3v) is 3.56. The van der Waals surface area contributed by atoms with Crippen LogP contribution in [0.4, 0.5) is 0 Å². The molecule has 0 bridgehead atoms. The Balaban J connectivity index is 1.96. The molecule has 0 aliphatic heterocycles. The van der Waals surface area contributed by atoms with Gasteiger partial charge in [-0.3, -0.25) is 4.79 Å². The smallest absolute Gasteiger partial charge is 0.226 e. The van der Waals surface area contributed by atoms with Gasteiger partial charge in [-0.05, 0) is 5.92 Å². The molecule has 1 N–H and O–H groups in total. The second kappa shape index (κ2) is 6.48. The highest BCUT2D eigenvalue weighted by Crippen LogP contribution is 2.23. The number of aromatic nitrogens is 1. The van der Waals surface area contributed by atoms with Crippen LogP contribution in [0.5, 0.6) is 0 Å². The number of carbonyl (C=O) groups is 1. The minimum absolute atomic E-state index is 0.0404. The largest absolute Gasteiger partial charge is 0.356 e. The summed E-state index contributed by atoms with van der Waals surface area (Å²) in [4.78, 5) is 16.2. The molecule has 0 saturated heterocycles. The topological polar surface area (TPSA) is 42.0 Å². The van der Waals surface area contributed by atoms with E-state index in [1.54, 1.807) is 11.3 Å². The Morgan fingerprint density at radius 1 is 1.32 bits per heavy atom. The van der Waals surface area contributed by atoms with E-state index in [-0.39, 0.29) is 5.91 Å². The molecule has 19 heavy (non-hydrogen) atoms. The molecule has 0 aliphatic carbocycles. The zero-order chi connectivity index (χ0) is 13.7. The lowest BCUT2D eigenvalue weighted by molar-refractivity contribution is -0.120. The van der Waals surface area contributed by atoms with E-state index in [1.165, 1.54) is 0 Å². The number of hydrogen-bond acceptors (Lipinski definition) is 3. The summed E-state index contributed by atoms with van der Waals surface area (Å²) in [6, 6.07) is 10.0. The molecule has 0 atom stereocenters. The summed E-state index contributed by atoms with van der Waals surface area (Å²) in [5.41, 5.74) is 1.94. The van der Waals surface area contributed by atoms with Gasteiger partial charge in [0.15, 0.2) is 0 Å². The lowest BCUT2D eigenvalue weighted by Crippen LogP contribution is -2.28. The van der Waals surface area contributed by atoms with Crippen LogP contribution in [0, 0.1) is 5.92 Å². The van der Waals surface area contributed by atoms with Crippen molar-refractivity contribution >= 4 is 17.2 Å². The van der Waals surface area contributed by atoms with E-state index in [0.717, 1.165) is 16.3 Å². The Hall–Kier alpha value is -1.68. The van der Waals surface area contributed by atoms with E-state index in [0.29, 0.717) is 18.9 Å². The summed E-state index contributed by atoms with van der Waals surface area (Å²) in [5.74, 6) is 0.512. The third-order valence-electron chi connectivity index (χ3n) is 2.62. The van der Waals surface area contributed by atoms with E-state index in [2.05, 4.69) is 24.1 Å². The normalized spacial score (nSPS) is 10.7. The fourth-order valence-corrected chi connectivity index (χ4v) is 2.47. The third kappa shape index (κ3) is 4.17. The van der Waals surface area contributed by atoms with Crippen LogP contribution in [0.15, 0.2) is 35.7 Å². The number of hydrogen-bond donors (Lipinski definition) is 1. The minimum Gasteiger partial charge on any atom is -0.356 e. The highest BCUT2D eigenvalue weighted by atomic mass is 32.1. The Morgan fingerprint density at radius 2 is 2.05 bits per heavy atom. The van der Waals surface area contributed by atoms with Gasteiger partial charge >= 0.3 is 0 Å². The lowest BCUT2D eigenvalue weighted by Gasteiger charge is -2.06. The Bertz CT molecular complexity index is 534. The van der Waals surface area contributed by atoms with Crippen LogP contribution < -0.4 is 5.32 Å². The van der Waals surface area contributed by atoms with Crippen molar-refractivity contribution in [3.8, 4) is 10.6 Å². The molecule has 1 aromatic carbocycles. The Morgan fingerprint density at radius 3 is 2.74 bits per heavy atom.